The third kappa shape index (κ3) is 5.33. The molecule has 1 N–H and O–H groups in total. The first-order valence-electron chi connectivity index (χ1n) is 9.49. The van der Waals surface area contributed by atoms with E-state index in [-0.39, 0.29) is 17.9 Å². The number of aromatic nitrogens is 2. The lowest BCUT2D eigenvalue weighted by molar-refractivity contribution is -0.123. The van der Waals surface area contributed by atoms with Crippen LogP contribution in [0.25, 0.3) is 0 Å². The molecule has 2 aromatic rings. The van der Waals surface area contributed by atoms with Gasteiger partial charge in [0.05, 0.1) is 24.8 Å². The summed E-state index contributed by atoms with van der Waals surface area (Å²) in [4.78, 5) is 28.5. The maximum Gasteiger partial charge on any atom is 0.257 e. The van der Waals surface area contributed by atoms with Crippen molar-refractivity contribution < 1.29 is 9.59 Å². The third-order valence-electron chi connectivity index (χ3n) is 4.65. The average Bonchev–Trinajstić information content (AvgIpc) is 3.11. The number of hydrogen-bond acceptors (Lipinski definition) is 4. The topological polar surface area (TPSA) is 70.5 Å². The summed E-state index contributed by atoms with van der Waals surface area (Å²) in [6.07, 6.45) is 3.36. The molecule has 1 aliphatic heterocycles. The lowest BCUT2D eigenvalue weighted by Gasteiger charge is -2.34. The van der Waals surface area contributed by atoms with Crippen molar-refractivity contribution in [2.75, 3.05) is 32.7 Å². The fourth-order valence-corrected chi connectivity index (χ4v) is 3.42. The van der Waals surface area contributed by atoms with Gasteiger partial charge in [-0.1, -0.05) is 29.8 Å². The molecule has 1 saturated heterocycles. The van der Waals surface area contributed by atoms with Crippen molar-refractivity contribution in [1.29, 1.82) is 0 Å². The summed E-state index contributed by atoms with van der Waals surface area (Å²) in [6.45, 7) is 7.35. The van der Waals surface area contributed by atoms with Crippen molar-refractivity contribution in [3.05, 3.63) is 52.8 Å². The number of amides is 2. The molecular formula is C20H26ClN5O2. The molecule has 0 atom stereocenters. The minimum absolute atomic E-state index is 0.0237. The summed E-state index contributed by atoms with van der Waals surface area (Å²) in [5, 5.41) is 7.88. The molecule has 7 nitrogen and oxygen atoms in total. The first kappa shape index (κ1) is 20.4. The Morgan fingerprint density at radius 1 is 1.18 bits per heavy atom. The molecule has 0 aliphatic carbocycles. The summed E-state index contributed by atoms with van der Waals surface area (Å²) in [5.74, 6) is -0.00711. The fourth-order valence-electron chi connectivity index (χ4n) is 3.22. The van der Waals surface area contributed by atoms with Crippen molar-refractivity contribution in [3.8, 4) is 0 Å². The molecule has 0 saturated carbocycles. The number of piperazine rings is 1. The summed E-state index contributed by atoms with van der Waals surface area (Å²) in [7, 11) is 0. The van der Waals surface area contributed by atoms with Crippen LogP contribution in [0.15, 0.2) is 36.7 Å². The van der Waals surface area contributed by atoms with E-state index in [0.29, 0.717) is 49.9 Å². The fraction of sp³-hybridized carbons (Fsp3) is 0.450. The van der Waals surface area contributed by atoms with Gasteiger partial charge >= 0.3 is 0 Å². The van der Waals surface area contributed by atoms with Gasteiger partial charge in [0.25, 0.3) is 5.91 Å². The van der Waals surface area contributed by atoms with Crippen LogP contribution in [-0.4, -0.2) is 70.2 Å². The highest BCUT2D eigenvalue weighted by molar-refractivity contribution is 6.31. The largest absolute Gasteiger partial charge is 0.353 e. The molecule has 3 rings (SSSR count). The van der Waals surface area contributed by atoms with Gasteiger partial charge in [-0.2, -0.15) is 5.10 Å². The van der Waals surface area contributed by atoms with Crippen LogP contribution in [0.1, 0.15) is 29.8 Å². The van der Waals surface area contributed by atoms with Gasteiger partial charge in [-0.3, -0.25) is 19.2 Å². The Kier molecular flexibility index (Phi) is 6.70. The summed E-state index contributed by atoms with van der Waals surface area (Å²) < 4.78 is 1.72. The number of nitrogens with one attached hydrogen (secondary N) is 1. The highest BCUT2D eigenvalue weighted by atomic mass is 35.5. The monoisotopic (exact) mass is 403 g/mol. The Balaban J connectivity index is 1.52. The number of nitrogens with zero attached hydrogens (tertiary/aromatic N) is 4. The zero-order chi connectivity index (χ0) is 20.1. The first-order chi connectivity index (χ1) is 13.4. The number of hydrogen-bond donors (Lipinski definition) is 1. The van der Waals surface area contributed by atoms with E-state index >= 15 is 0 Å². The summed E-state index contributed by atoms with van der Waals surface area (Å²) in [5.41, 5.74) is 1.53. The average molecular weight is 404 g/mol. The SMILES string of the molecule is CC(C)NC(=O)CN1CCN(C(=O)c2cnn(Cc3ccccc3Cl)c2)CC1. The maximum absolute atomic E-state index is 12.8. The van der Waals surface area contributed by atoms with Crippen LogP contribution in [0, 0.1) is 0 Å². The minimum Gasteiger partial charge on any atom is -0.353 e. The van der Waals surface area contributed by atoms with Gasteiger partial charge in [-0.05, 0) is 25.5 Å². The van der Waals surface area contributed by atoms with Gasteiger partial charge < -0.3 is 10.2 Å². The van der Waals surface area contributed by atoms with E-state index in [2.05, 4.69) is 15.3 Å². The first-order valence-corrected chi connectivity index (χ1v) is 9.87. The van der Waals surface area contributed by atoms with Crippen LogP contribution in [-0.2, 0) is 11.3 Å². The maximum atomic E-state index is 12.8. The quantitative estimate of drug-likeness (QED) is 0.799. The minimum atomic E-state index is -0.0308. The molecule has 1 aromatic heterocycles. The van der Waals surface area contributed by atoms with Crippen molar-refractivity contribution in [2.45, 2.75) is 26.4 Å². The van der Waals surface area contributed by atoms with Crippen molar-refractivity contribution >= 4 is 23.4 Å². The van der Waals surface area contributed by atoms with Crippen LogP contribution < -0.4 is 5.32 Å². The number of benzene rings is 1. The molecule has 2 amide bonds. The predicted molar refractivity (Wildman–Crippen MR) is 108 cm³/mol. The second-order valence-corrected chi connectivity index (χ2v) is 7.72. The molecule has 28 heavy (non-hydrogen) atoms. The number of halogens is 1. The van der Waals surface area contributed by atoms with E-state index < -0.39 is 0 Å². The molecule has 8 heteroatoms. The number of rotatable bonds is 6. The van der Waals surface area contributed by atoms with E-state index in [1.807, 2.05) is 43.0 Å². The Morgan fingerprint density at radius 2 is 1.89 bits per heavy atom. The Morgan fingerprint density at radius 3 is 2.57 bits per heavy atom. The molecular weight excluding hydrogens is 378 g/mol. The van der Waals surface area contributed by atoms with Crippen LogP contribution >= 0.6 is 11.6 Å². The second-order valence-electron chi connectivity index (χ2n) is 7.31. The Bertz CT molecular complexity index is 828. The number of carbonyl (C=O) groups excluding carboxylic acids is 2. The molecule has 0 radical (unpaired) electrons. The zero-order valence-electron chi connectivity index (χ0n) is 16.3. The molecule has 1 aromatic carbocycles. The lowest BCUT2D eigenvalue weighted by atomic mass is 10.2. The highest BCUT2D eigenvalue weighted by Crippen LogP contribution is 2.16. The smallest absolute Gasteiger partial charge is 0.257 e. The number of carbonyl (C=O) groups is 2. The molecule has 0 unspecified atom stereocenters. The van der Waals surface area contributed by atoms with Gasteiger partial charge in [-0.25, -0.2) is 0 Å². The van der Waals surface area contributed by atoms with Crippen molar-refractivity contribution in [2.24, 2.45) is 0 Å². The van der Waals surface area contributed by atoms with Gasteiger partial charge in [0, 0.05) is 43.4 Å². The van der Waals surface area contributed by atoms with E-state index in [1.54, 1.807) is 17.1 Å². The second kappa shape index (κ2) is 9.21. The van der Waals surface area contributed by atoms with Gasteiger partial charge in [0.15, 0.2) is 0 Å². The van der Waals surface area contributed by atoms with Gasteiger partial charge in [0.2, 0.25) is 5.91 Å². The molecule has 1 aliphatic rings. The normalized spacial score (nSPS) is 15.1. The van der Waals surface area contributed by atoms with Crippen LogP contribution in [0.5, 0.6) is 0 Å². The van der Waals surface area contributed by atoms with Gasteiger partial charge in [-0.15, -0.1) is 0 Å². The molecule has 1 fully saturated rings. The highest BCUT2D eigenvalue weighted by Gasteiger charge is 2.24. The summed E-state index contributed by atoms with van der Waals surface area (Å²) in [6, 6.07) is 7.74. The van der Waals surface area contributed by atoms with Crippen molar-refractivity contribution in [3.63, 3.8) is 0 Å². The molecule has 0 bridgehead atoms. The van der Waals surface area contributed by atoms with Gasteiger partial charge in [0.1, 0.15) is 0 Å². The Hall–Kier alpha value is -2.38. The molecule has 2 heterocycles. The summed E-state index contributed by atoms with van der Waals surface area (Å²) >= 11 is 6.19. The van der Waals surface area contributed by atoms with Crippen molar-refractivity contribution in [1.82, 2.24) is 24.9 Å². The predicted octanol–water partition coefficient (Wildman–Crippen LogP) is 1.87. The van der Waals surface area contributed by atoms with Crippen LogP contribution in [0.4, 0.5) is 0 Å². The zero-order valence-corrected chi connectivity index (χ0v) is 17.0. The van der Waals surface area contributed by atoms with E-state index in [9.17, 15) is 9.59 Å². The van der Waals surface area contributed by atoms with Crippen LogP contribution in [0.3, 0.4) is 0 Å². The lowest BCUT2D eigenvalue weighted by Crippen LogP contribution is -2.51. The third-order valence-corrected chi connectivity index (χ3v) is 5.02. The van der Waals surface area contributed by atoms with E-state index in [1.165, 1.54) is 0 Å². The van der Waals surface area contributed by atoms with E-state index in [4.69, 9.17) is 11.6 Å². The molecule has 0 spiro atoms. The molecule has 150 valence electrons. The van der Waals surface area contributed by atoms with E-state index in [0.717, 1.165) is 5.56 Å². The standard InChI is InChI=1S/C20H26ClN5O2/c1-15(2)23-19(27)14-24-7-9-25(10-8-24)20(28)17-11-22-26(13-17)12-16-5-3-4-6-18(16)21/h3-6,11,13,15H,7-10,12,14H2,1-2H3,(H,23,27). The van der Waals surface area contributed by atoms with Crippen LogP contribution in [0.2, 0.25) is 5.02 Å². The Labute approximate surface area is 170 Å².